The first kappa shape index (κ1) is 13.3. The van der Waals surface area contributed by atoms with E-state index < -0.39 is 0 Å². The Morgan fingerprint density at radius 2 is 1.95 bits per heavy atom. The summed E-state index contributed by atoms with van der Waals surface area (Å²) < 4.78 is 5.44. The molecule has 100 valence electrons. The zero-order chi connectivity index (χ0) is 13.7. The zero-order valence-electron chi connectivity index (χ0n) is 11.2. The van der Waals surface area contributed by atoms with Gasteiger partial charge in [0.1, 0.15) is 12.1 Å². The highest BCUT2D eigenvalue weighted by Crippen LogP contribution is 2.23. The summed E-state index contributed by atoms with van der Waals surface area (Å²) in [6.45, 7) is 4.99. The highest BCUT2D eigenvalue weighted by molar-refractivity contribution is 5.60. The fourth-order valence-electron chi connectivity index (χ4n) is 1.70. The second-order valence-corrected chi connectivity index (χ2v) is 4.11. The molecule has 2 aromatic rings. The number of hydrogen-bond donors (Lipinski definition) is 2. The smallest absolute Gasteiger partial charge is 0.221 e. The minimum Gasteiger partial charge on any atom is -0.478 e. The fraction of sp³-hybridized carbons (Fsp3) is 0.286. The second-order valence-electron chi connectivity index (χ2n) is 4.11. The Kier molecular flexibility index (Phi) is 4.30. The Bertz CT molecular complexity index is 540. The summed E-state index contributed by atoms with van der Waals surface area (Å²) in [4.78, 5) is 8.34. The van der Waals surface area contributed by atoms with E-state index in [9.17, 15) is 0 Å². The molecule has 0 saturated heterocycles. The van der Waals surface area contributed by atoms with Crippen LogP contribution >= 0.6 is 0 Å². The molecule has 1 heterocycles. The van der Waals surface area contributed by atoms with Crippen molar-refractivity contribution in [2.24, 2.45) is 5.73 Å². The molecule has 0 aliphatic heterocycles. The Hall–Kier alpha value is -2.14. The lowest BCUT2D eigenvalue weighted by Crippen LogP contribution is -2.03. The maximum atomic E-state index is 5.57. The van der Waals surface area contributed by atoms with Crippen molar-refractivity contribution in [1.82, 2.24) is 9.97 Å². The average molecular weight is 258 g/mol. The molecule has 5 nitrogen and oxygen atoms in total. The van der Waals surface area contributed by atoms with Gasteiger partial charge in [0.25, 0.3) is 0 Å². The van der Waals surface area contributed by atoms with Gasteiger partial charge in [0.2, 0.25) is 5.88 Å². The van der Waals surface area contributed by atoms with E-state index in [0.717, 1.165) is 22.6 Å². The molecular weight excluding hydrogens is 240 g/mol. The molecule has 0 saturated carbocycles. The van der Waals surface area contributed by atoms with Gasteiger partial charge in [0.15, 0.2) is 0 Å². The topological polar surface area (TPSA) is 73.1 Å². The van der Waals surface area contributed by atoms with E-state index in [4.69, 9.17) is 10.5 Å². The van der Waals surface area contributed by atoms with Crippen LogP contribution in [0.4, 0.5) is 11.5 Å². The molecule has 0 spiro atoms. The van der Waals surface area contributed by atoms with E-state index >= 15 is 0 Å². The van der Waals surface area contributed by atoms with Crippen molar-refractivity contribution in [1.29, 1.82) is 0 Å². The Morgan fingerprint density at radius 3 is 2.58 bits per heavy atom. The molecular formula is C14H18N4O. The van der Waals surface area contributed by atoms with E-state index in [0.29, 0.717) is 19.0 Å². The molecule has 1 aromatic carbocycles. The highest BCUT2D eigenvalue weighted by Gasteiger charge is 2.07. The van der Waals surface area contributed by atoms with Gasteiger partial charge in [0, 0.05) is 12.2 Å². The standard InChI is InChI=1S/C14H18N4O/c1-3-19-14-10(2)13(16-9-17-14)18-12-6-4-11(8-15)5-7-12/h4-7,9H,3,8,15H2,1-2H3,(H,16,17,18). The lowest BCUT2D eigenvalue weighted by molar-refractivity contribution is 0.324. The van der Waals surface area contributed by atoms with E-state index in [1.807, 2.05) is 38.1 Å². The van der Waals surface area contributed by atoms with Crippen LogP contribution in [0.25, 0.3) is 0 Å². The monoisotopic (exact) mass is 258 g/mol. The molecule has 3 N–H and O–H groups in total. The van der Waals surface area contributed by atoms with Crippen LogP contribution in [0.3, 0.4) is 0 Å². The molecule has 0 bridgehead atoms. The lowest BCUT2D eigenvalue weighted by Gasteiger charge is -2.11. The van der Waals surface area contributed by atoms with Crippen LogP contribution in [-0.4, -0.2) is 16.6 Å². The van der Waals surface area contributed by atoms with Crippen LogP contribution in [-0.2, 0) is 6.54 Å². The highest BCUT2D eigenvalue weighted by atomic mass is 16.5. The van der Waals surface area contributed by atoms with Crippen molar-refractivity contribution in [2.75, 3.05) is 11.9 Å². The second kappa shape index (κ2) is 6.15. The third-order valence-corrected chi connectivity index (χ3v) is 2.77. The minimum atomic E-state index is 0.543. The number of anilines is 2. The summed E-state index contributed by atoms with van der Waals surface area (Å²) in [6.07, 6.45) is 1.49. The van der Waals surface area contributed by atoms with Gasteiger partial charge in [-0.1, -0.05) is 12.1 Å². The van der Waals surface area contributed by atoms with Crippen molar-refractivity contribution >= 4 is 11.5 Å². The molecule has 1 aromatic heterocycles. The van der Waals surface area contributed by atoms with Crippen molar-refractivity contribution in [3.05, 3.63) is 41.7 Å². The molecule has 0 radical (unpaired) electrons. The van der Waals surface area contributed by atoms with Crippen molar-refractivity contribution in [3.8, 4) is 5.88 Å². The maximum Gasteiger partial charge on any atom is 0.221 e. The van der Waals surface area contributed by atoms with Gasteiger partial charge >= 0.3 is 0 Å². The number of hydrogen-bond acceptors (Lipinski definition) is 5. The fourth-order valence-corrected chi connectivity index (χ4v) is 1.70. The van der Waals surface area contributed by atoms with Gasteiger partial charge < -0.3 is 15.8 Å². The maximum absolute atomic E-state index is 5.57. The van der Waals surface area contributed by atoms with Gasteiger partial charge in [-0.2, -0.15) is 0 Å². The average Bonchev–Trinajstić information content (AvgIpc) is 2.44. The van der Waals surface area contributed by atoms with Crippen LogP contribution in [0.15, 0.2) is 30.6 Å². The van der Waals surface area contributed by atoms with Crippen molar-refractivity contribution < 1.29 is 4.74 Å². The predicted octanol–water partition coefficient (Wildman–Crippen LogP) is 2.39. The third-order valence-electron chi connectivity index (χ3n) is 2.77. The molecule has 0 unspecified atom stereocenters. The van der Waals surface area contributed by atoms with Gasteiger partial charge in [-0.3, -0.25) is 0 Å². The van der Waals surface area contributed by atoms with Crippen LogP contribution in [0.5, 0.6) is 5.88 Å². The number of aromatic nitrogens is 2. The summed E-state index contributed by atoms with van der Waals surface area (Å²) in [5.41, 5.74) is 8.52. The molecule has 0 atom stereocenters. The van der Waals surface area contributed by atoms with Gasteiger partial charge in [-0.15, -0.1) is 0 Å². The Labute approximate surface area is 112 Å². The lowest BCUT2D eigenvalue weighted by atomic mass is 10.2. The van der Waals surface area contributed by atoms with Crippen LogP contribution in [0.1, 0.15) is 18.1 Å². The molecule has 0 fully saturated rings. The number of nitrogens with one attached hydrogen (secondary N) is 1. The first-order valence-corrected chi connectivity index (χ1v) is 6.25. The van der Waals surface area contributed by atoms with Crippen molar-refractivity contribution in [2.45, 2.75) is 20.4 Å². The summed E-state index contributed by atoms with van der Waals surface area (Å²) in [5, 5.41) is 3.25. The van der Waals surface area contributed by atoms with Gasteiger partial charge in [-0.25, -0.2) is 9.97 Å². The quantitative estimate of drug-likeness (QED) is 0.861. The minimum absolute atomic E-state index is 0.543. The SMILES string of the molecule is CCOc1ncnc(Nc2ccc(CN)cc2)c1C. The molecule has 0 amide bonds. The number of nitrogens with two attached hydrogens (primary N) is 1. The van der Waals surface area contributed by atoms with E-state index in [2.05, 4.69) is 15.3 Å². The van der Waals surface area contributed by atoms with E-state index in [1.54, 1.807) is 0 Å². The normalized spacial score (nSPS) is 10.3. The van der Waals surface area contributed by atoms with Crippen LogP contribution in [0, 0.1) is 6.92 Å². The van der Waals surface area contributed by atoms with Gasteiger partial charge in [0.05, 0.1) is 12.2 Å². The van der Waals surface area contributed by atoms with Crippen molar-refractivity contribution in [3.63, 3.8) is 0 Å². The van der Waals surface area contributed by atoms with E-state index in [-0.39, 0.29) is 0 Å². The number of nitrogens with zero attached hydrogens (tertiary/aromatic N) is 2. The Morgan fingerprint density at radius 1 is 1.21 bits per heavy atom. The van der Waals surface area contributed by atoms with Crippen LogP contribution in [0.2, 0.25) is 0 Å². The van der Waals surface area contributed by atoms with E-state index in [1.165, 1.54) is 6.33 Å². The summed E-state index contributed by atoms with van der Waals surface area (Å²) in [6, 6.07) is 7.93. The number of rotatable bonds is 5. The summed E-state index contributed by atoms with van der Waals surface area (Å²) in [5.74, 6) is 1.36. The zero-order valence-corrected chi connectivity index (χ0v) is 11.2. The summed E-state index contributed by atoms with van der Waals surface area (Å²) >= 11 is 0. The number of ether oxygens (including phenoxy) is 1. The van der Waals surface area contributed by atoms with Gasteiger partial charge in [-0.05, 0) is 31.5 Å². The molecule has 2 rings (SSSR count). The third kappa shape index (κ3) is 3.20. The molecule has 5 heteroatoms. The van der Waals surface area contributed by atoms with Crippen LogP contribution < -0.4 is 15.8 Å². The molecule has 19 heavy (non-hydrogen) atoms. The predicted molar refractivity (Wildman–Crippen MR) is 75.6 cm³/mol. The molecule has 0 aliphatic carbocycles. The first-order valence-electron chi connectivity index (χ1n) is 6.25. The number of benzene rings is 1. The molecule has 0 aliphatic rings. The Balaban J connectivity index is 2.20. The largest absolute Gasteiger partial charge is 0.478 e. The summed E-state index contributed by atoms with van der Waals surface area (Å²) in [7, 11) is 0. The first-order chi connectivity index (χ1) is 9.24.